The Morgan fingerprint density at radius 2 is 1.19 bits per heavy atom. The summed E-state index contributed by atoms with van der Waals surface area (Å²) in [5.74, 6) is 0. The molecule has 0 unspecified atom stereocenters. The van der Waals surface area contributed by atoms with Crippen molar-refractivity contribution in [3.8, 4) is 0 Å². The number of halogens is 2. The van der Waals surface area contributed by atoms with E-state index in [-0.39, 0.29) is 19.4 Å². The zero-order chi connectivity index (χ0) is 38.9. The fourth-order valence-corrected chi connectivity index (χ4v) is 6.18. The molecule has 0 aromatic rings. The standard InChI is InChI=1S/C12H17FN12O5.C12H25FN4O5/c13-6-7(21-25-17)12(29-5(9(6)27)2-18-22-14)30-11-4(20-24-16)1-3(19-23-15)8(26)10(11)28;13-6-7(17)12(21-5(2-14)9(6)19)22-11-4(16)1-3(15)8(18)10(11)20/h3-12,26-28H,1-2H2;3-12,18-20H,1-2,14-17H2/t2*3-,4+,5-,6+,7-,8+,9-,10-,11-,12-/m11/s1. The number of nitrogens with zero attached hydrogens (tertiary/aromatic N) is 12. The molecule has 0 spiro atoms. The smallest absolute Gasteiger partial charge is 0.176 e. The summed E-state index contributed by atoms with van der Waals surface area (Å²) in [6.07, 6.45) is -21.0. The van der Waals surface area contributed by atoms with Crippen LogP contribution in [0.3, 0.4) is 0 Å². The average Bonchev–Trinajstić information content (AvgIpc) is 3.12. The largest absolute Gasteiger partial charge is 0.390 e. The van der Waals surface area contributed by atoms with Crippen LogP contribution in [-0.4, -0.2) is 166 Å². The third-order valence-electron chi connectivity index (χ3n) is 9.08. The minimum atomic E-state index is -2.18. The third-order valence-corrected chi connectivity index (χ3v) is 9.08. The maximum absolute atomic E-state index is 14.6. The van der Waals surface area contributed by atoms with Crippen molar-refractivity contribution in [3.63, 3.8) is 0 Å². The second kappa shape index (κ2) is 19.6. The molecule has 4 aliphatic rings. The molecule has 14 N–H and O–H groups in total. The lowest BCUT2D eigenvalue weighted by molar-refractivity contribution is -0.280. The molecule has 4 rings (SSSR count). The molecule has 20 atom stereocenters. The Morgan fingerprint density at radius 1 is 0.635 bits per heavy atom. The van der Waals surface area contributed by atoms with Crippen LogP contribution in [0.4, 0.5) is 8.78 Å². The molecule has 2 saturated carbocycles. The molecule has 0 bridgehead atoms. The molecule has 2 saturated heterocycles. The van der Waals surface area contributed by atoms with E-state index >= 15 is 0 Å². The van der Waals surface area contributed by atoms with Crippen molar-refractivity contribution in [1.29, 1.82) is 0 Å². The Kier molecular flexibility index (Phi) is 16.2. The van der Waals surface area contributed by atoms with Crippen LogP contribution >= 0.6 is 0 Å². The van der Waals surface area contributed by atoms with Crippen molar-refractivity contribution in [2.75, 3.05) is 13.1 Å². The average molecular weight is 753 g/mol. The van der Waals surface area contributed by atoms with Gasteiger partial charge in [0, 0.05) is 38.3 Å². The molecule has 4 fully saturated rings. The van der Waals surface area contributed by atoms with Crippen LogP contribution in [0.5, 0.6) is 0 Å². The Labute approximate surface area is 292 Å². The minimum absolute atomic E-state index is 0.124. The molecule has 2 heterocycles. The molecule has 292 valence electrons. The fraction of sp³-hybridized carbons (Fsp3) is 1.00. The Bertz CT molecular complexity index is 1370. The molecule has 2 aliphatic carbocycles. The maximum atomic E-state index is 14.6. The minimum Gasteiger partial charge on any atom is -0.390 e. The van der Waals surface area contributed by atoms with Gasteiger partial charge in [-0.2, -0.15) is 0 Å². The van der Waals surface area contributed by atoms with Gasteiger partial charge in [0.15, 0.2) is 12.6 Å². The molecule has 0 aromatic carbocycles. The van der Waals surface area contributed by atoms with Crippen molar-refractivity contribution in [3.05, 3.63) is 41.8 Å². The first-order chi connectivity index (χ1) is 24.7. The predicted molar refractivity (Wildman–Crippen MR) is 168 cm³/mol. The van der Waals surface area contributed by atoms with Crippen molar-refractivity contribution < 1.29 is 58.4 Å². The number of azide groups is 4. The highest BCUT2D eigenvalue weighted by Crippen LogP contribution is 2.34. The lowest BCUT2D eigenvalue weighted by Gasteiger charge is -2.45. The van der Waals surface area contributed by atoms with Crippen molar-refractivity contribution in [2.24, 2.45) is 43.4 Å². The quantitative estimate of drug-likeness (QED) is 0.0609. The Balaban J connectivity index is 0.000000294. The van der Waals surface area contributed by atoms with E-state index in [1.165, 1.54) is 0 Å². The van der Waals surface area contributed by atoms with Crippen LogP contribution in [0.15, 0.2) is 20.5 Å². The summed E-state index contributed by atoms with van der Waals surface area (Å²) in [6, 6.07) is -6.64. The van der Waals surface area contributed by atoms with Gasteiger partial charge < -0.3 is 72.5 Å². The van der Waals surface area contributed by atoms with Crippen LogP contribution in [0, 0.1) is 0 Å². The third kappa shape index (κ3) is 9.74. The van der Waals surface area contributed by atoms with Gasteiger partial charge in [-0.05, 0) is 35.0 Å². The number of alkyl halides is 2. The first kappa shape index (κ1) is 42.9. The van der Waals surface area contributed by atoms with Gasteiger partial charge in [0.25, 0.3) is 0 Å². The Morgan fingerprint density at radius 3 is 1.79 bits per heavy atom. The molecule has 28 heteroatoms. The van der Waals surface area contributed by atoms with E-state index in [0.717, 1.165) is 0 Å². The molecular weight excluding hydrogens is 710 g/mol. The molecule has 26 nitrogen and oxygen atoms in total. The summed E-state index contributed by atoms with van der Waals surface area (Å²) in [6.45, 7) is -0.601. The molecule has 0 amide bonds. The van der Waals surface area contributed by atoms with Gasteiger partial charge in [-0.25, -0.2) is 8.78 Å². The molecule has 0 radical (unpaired) electrons. The van der Waals surface area contributed by atoms with E-state index in [2.05, 4.69) is 40.1 Å². The van der Waals surface area contributed by atoms with E-state index in [9.17, 15) is 39.4 Å². The predicted octanol–water partition coefficient (Wildman–Crippen LogP) is -2.87. The summed E-state index contributed by atoms with van der Waals surface area (Å²) in [4.78, 5) is 10.1. The second-order valence-corrected chi connectivity index (χ2v) is 12.4. The molecule has 2 aliphatic heterocycles. The summed E-state index contributed by atoms with van der Waals surface area (Å²) in [7, 11) is 0. The van der Waals surface area contributed by atoms with Crippen LogP contribution < -0.4 is 22.9 Å². The van der Waals surface area contributed by atoms with E-state index in [4.69, 9.17) is 64.0 Å². The lowest BCUT2D eigenvalue weighted by Crippen LogP contribution is -2.66. The highest BCUT2D eigenvalue weighted by molar-refractivity contribution is 5.03. The molecular formula is C24H42F2N16O10. The highest BCUT2D eigenvalue weighted by Gasteiger charge is 2.51. The number of hydrogen-bond donors (Lipinski definition) is 10. The summed E-state index contributed by atoms with van der Waals surface area (Å²) in [5.41, 5.74) is 57.1. The SMILES string of the molecule is NC[C@H]1O[C@H](O[C@H]2[C@H](O)[C@@H](O)[C@H](N)C[C@@H]2N)[C@H](N)[C@H](F)[C@@H]1O.[N-]=[N+]=NC[C@H]1O[C@H](O[C@H]2[C@H](O)[C@@H](O)[C@H](N=[N+]=[N-])C[C@@H]2N=[N+]=[N-])[C@H](N=[N+]=[N-])[C@H](F)[C@@H]1O. The van der Waals surface area contributed by atoms with Crippen LogP contribution in [0.2, 0.25) is 0 Å². The van der Waals surface area contributed by atoms with E-state index in [0.29, 0.717) is 0 Å². The van der Waals surface area contributed by atoms with Crippen molar-refractivity contribution in [1.82, 2.24) is 0 Å². The van der Waals surface area contributed by atoms with Gasteiger partial charge in [0.1, 0.15) is 55.0 Å². The number of rotatable bonds is 10. The fourth-order valence-electron chi connectivity index (χ4n) is 6.18. The lowest BCUT2D eigenvalue weighted by atomic mass is 9.84. The van der Waals surface area contributed by atoms with E-state index in [1.54, 1.807) is 0 Å². The number of hydrogen-bond acceptors (Lipinski definition) is 18. The second-order valence-electron chi connectivity index (χ2n) is 12.4. The van der Waals surface area contributed by atoms with E-state index < -0.39 is 129 Å². The number of ether oxygens (including phenoxy) is 4. The van der Waals surface area contributed by atoms with Crippen LogP contribution in [0.1, 0.15) is 12.8 Å². The Hall–Kier alpha value is -3.46. The highest BCUT2D eigenvalue weighted by atomic mass is 19.1. The summed E-state index contributed by atoms with van der Waals surface area (Å²) >= 11 is 0. The van der Waals surface area contributed by atoms with Crippen LogP contribution in [-0.2, 0) is 18.9 Å². The number of nitrogens with two attached hydrogens (primary N) is 4. The normalized spacial score (nSPS) is 46.1. The first-order valence-electron chi connectivity index (χ1n) is 15.8. The zero-order valence-electron chi connectivity index (χ0n) is 27.1. The van der Waals surface area contributed by atoms with Gasteiger partial charge in [-0.3, -0.25) is 0 Å². The monoisotopic (exact) mass is 752 g/mol. The first-order valence-corrected chi connectivity index (χ1v) is 15.8. The number of aliphatic hydroxyl groups excluding tert-OH is 6. The van der Waals surface area contributed by atoms with Gasteiger partial charge in [0.2, 0.25) is 0 Å². The van der Waals surface area contributed by atoms with Gasteiger partial charge in [0.05, 0.1) is 49.1 Å². The summed E-state index contributed by atoms with van der Waals surface area (Å²) in [5, 5.41) is 73.3. The maximum Gasteiger partial charge on any atom is 0.176 e. The van der Waals surface area contributed by atoms with Crippen LogP contribution in [0.25, 0.3) is 41.8 Å². The molecule has 52 heavy (non-hydrogen) atoms. The van der Waals surface area contributed by atoms with Crippen molar-refractivity contribution in [2.45, 2.75) is 135 Å². The van der Waals surface area contributed by atoms with Gasteiger partial charge in [-0.1, -0.05) is 20.5 Å². The molecule has 0 aromatic heterocycles. The zero-order valence-corrected chi connectivity index (χ0v) is 27.1. The summed E-state index contributed by atoms with van der Waals surface area (Å²) < 4.78 is 50.4. The van der Waals surface area contributed by atoms with E-state index in [1.807, 2.05) is 0 Å². The van der Waals surface area contributed by atoms with Gasteiger partial charge >= 0.3 is 0 Å². The number of aliphatic hydroxyl groups is 6. The van der Waals surface area contributed by atoms with Gasteiger partial charge in [-0.15, -0.1) is 0 Å². The van der Waals surface area contributed by atoms with Crippen molar-refractivity contribution >= 4 is 0 Å². The topological polar surface area (TPSA) is 457 Å².